The first-order valence-corrected chi connectivity index (χ1v) is 6.24. The number of nitrogens with one attached hydrogen (secondary N) is 1. The number of benzene rings is 1. The maximum atomic E-state index is 3.46. The predicted molar refractivity (Wildman–Crippen MR) is 66.9 cm³/mol. The van der Waals surface area contributed by atoms with E-state index in [1.807, 2.05) is 0 Å². The number of rotatable bonds is 2. The molecule has 3 heteroatoms. The van der Waals surface area contributed by atoms with Gasteiger partial charge in [0.25, 0.3) is 0 Å². The Morgan fingerprint density at radius 3 is 2.80 bits per heavy atom. The summed E-state index contributed by atoms with van der Waals surface area (Å²) in [5.41, 5.74) is 1.40. The van der Waals surface area contributed by atoms with Crippen molar-refractivity contribution in [2.75, 3.05) is 19.6 Å². The van der Waals surface area contributed by atoms with Crippen molar-refractivity contribution in [3.8, 4) is 0 Å². The van der Waals surface area contributed by atoms with Crippen molar-refractivity contribution in [1.82, 2.24) is 10.2 Å². The summed E-state index contributed by atoms with van der Waals surface area (Å²) < 4.78 is 1.15. The molecule has 1 aliphatic rings. The Kier molecular flexibility index (Phi) is 3.78. The smallest absolute Gasteiger partial charge is 0.0237 e. The van der Waals surface area contributed by atoms with Crippen LogP contribution in [-0.4, -0.2) is 30.6 Å². The molecule has 1 atom stereocenters. The lowest BCUT2D eigenvalue weighted by Crippen LogP contribution is -2.49. The molecule has 0 spiro atoms. The molecule has 0 aliphatic carbocycles. The second-order valence-corrected chi connectivity index (χ2v) is 5.07. The highest BCUT2D eigenvalue weighted by Crippen LogP contribution is 2.14. The summed E-state index contributed by atoms with van der Waals surface area (Å²) in [4.78, 5) is 2.53. The van der Waals surface area contributed by atoms with Crippen LogP contribution in [0, 0.1) is 0 Å². The predicted octanol–water partition coefficient (Wildman–Crippen LogP) is 2.24. The van der Waals surface area contributed by atoms with Gasteiger partial charge in [-0.1, -0.05) is 28.1 Å². The molecule has 0 bridgehead atoms. The fourth-order valence-electron chi connectivity index (χ4n) is 1.94. The van der Waals surface area contributed by atoms with E-state index in [0.29, 0.717) is 6.04 Å². The largest absolute Gasteiger partial charge is 0.314 e. The molecular weight excluding hydrogens is 252 g/mol. The van der Waals surface area contributed by atoms with Gasteiger partial charge in [0.05, 0.1) is 0 Å². The molecule has 0 saturated carbocycles. The monoisotopic (exact) mass is 268 g/mol. The van der Waals surface area contributed by atoms with Crippen molar-refractivity contribution >= 4 is 15.9 Å². The van der Waals surface area contributed by atoms with Crippen LogP contribution in [0.25, 0.3) is 0 Å². The van der Waals surface area contributed by atoms with Crippen molar-refractivity contribution in [2.45, 2.75) is 19.5 Å². The molecule has 0 amide bonds. The highest BCUT2D eigenvalue weighted by Gasteiger charge is 2.17. The van der Waals surface area contributed by atoms with Crippen LogP contribution in [0.1, 0.15) is 12.5 Å². The second-order valence-electron chi connectivity index (χ2n) is 4.15. The molecule has 0 radical (unpaired) electrons. The molecule has 2 rings (SSSR count). The van der Waals surface area contributed by atoms with Gasteiger partial charge in [-0.3, -0.25) is 4.90 Å². The van der Waals surface area contributed by atoms with E-state index in [1.165, 1.54) is 5.56 Å². The maximum absolute atomic E-state index is 3.46. The van der Waals surface area contributed by atoms with E-state index in [2.05, 4.69) is 57.3 Å². The van der Waals surface area contributed by atoms with Crippen molar-refractivity contribution in [2.24, 2.45) is 0 Å². The van der Waals surface area contributed by atoms with Gasteiger partial charge in [-0.2, -0.15) is 0 Å². The van der Waals surface area contributed by atoms with Crippen LogP contribution >= 0.6 is 15.9 Å². The number of hydrogen-bond acceptors (Lipinski definition) is 2. The summed E-state index contributed by atoms with van der Waals surface area (Å²) in [6.45, 7) is 6.72. The van der Waals surface area contributed by atoms with Crippen LogP contribution in [0.4, 0.5) is 0 Å². The maximum Gasteiger partial charge on any atom is 0.0237 e. The molecule has 0 aromatic heterocycles. The summed E-state index contributed by atoms with van der Waals surface area (Å²) in [6, 6.07) is 9.25. The third kappa shape index (κ3) is 3.03. The Balaban J connectivity index is 1.98. The zero-order valence-electron chi connectivity index (χ0n) is 9.04. The normalized spacial score (nSPS) is 22.9. The Morgan fingerprint density at radius 1 is 1.40 bits per heavy atom. The molecule has 15 heavy (non-hydrogen) atoms. The first-order chi connectivity index (χ1) is 7.25. The standard InChI is InChI=1S/C12H17BrN2/c1-10-8-14-6-7-15(10)9-11-2-4-12(13)5-3-11/h2-5,10,14H,6-9H2,1H3/t10-/m0/s1. The fourth-order valence-corrected chi connectivity index (χ4v) is 2.21. The molecule has 1 saturated heterocycles. The fraction of sp³-hybridized carbons (Fsp3) is 0.500. The number of halogens is 1. The van der Waals surface area contributed by atoms with E-state index in [-0.39, 0.29) is 0 Å². The van der Waals surface area contributed by atoms with Gasteiger partial charge < -0.3 is 5.32 Å². The lowest BCUT2D eigenvalue weighted by molar-refractivity contribution is 0.165. The van der Waals surface area contributed by atoms with E-state index >= 15 is 0 Å². The molecule has 82 valence electrons. The van der Waals surface area contributed by atoms with Crippen LogP contribution in [0.5, 0.6) is 0 Å². The molecule has 1 aromatic carbocycles. The van der Waals surface area contributed by atoms with Gasteiger partial charge in [0.15, 0.2) is 0 Å². The molecule has 1 fully saturated rings. The first-order valence-electron chi connectivity index (χ1n) is 5.45. The lowest BCUT2D eigenvalue weighted by atomic mass is 10.1. The van der Waals surface area contributed by atoms with Crippen LogP contribution in [0.2, 0.25) is 0 Å². The van der Waals surface area contributed by atoms with Gasteiger partial charge >= 0.3 is 0 Å². The van der Waals surface area contributed by atoms with Crippen LogP contribution < -0.4 is 5.32 Å². The number of piperazine rings is 1. The van der Waals surface area contributed by atoms with E-state index < -0.39 is 0 Å². The van der Waals surface area contributed by atoms with Crippen LogP contribution in [-0.2, 0) is 6.54 Å². The van der Waals surface area contributed by atoms with E-state index in [0.717, 1.165) is 30.7 Å². The third-order valence-corrected chi connectivity index (χ3v) is 3.47. The Hall–Kier alpha value is -0.380. The summed E-state index contributed by atoms with van der Waals surface area (Å²) in [5, 5.41) is 3.41. The molecule has 1 heterocycles. The highest BCUT2D eigenvalue weighted by atomic mass is 79.9. The van der Waals surface area contributed by atoms with Gasteiger partial charge in [-0.25, -0.2) is 0 Å². The van der Waals surface area contributed by atoms with Crippen molar-refractivity contribution in [3.05, 3.63) is 34.3 Å². The zero-order valence-corrected chi connectivity index (χ0v) is 10.6. The van der Waals surface area contributed by atoms with Crippen molar-refractivity contribution in [3.63, 3.8) is 0 Å². The highest BCUT2D eigenvalue weighted by molar-refractivity contribution is 9.10. The minimum Gasteiger partial charge on any atom is -0.314 e. The summed E-state index contributed by atoms with van der Waals surface area (Å²) in [5.74, 6) is 0. The molecule has 1 aromatic rings. The zero-order chi connectivity index (χ0) is 10.7. The number of nitrogens with zero attached hydrogens (tertiary/aromatic N) is 1. The summed E-state index contributed by atoms with van der Waals surface area (Å²) in [6.07, 6.45) is 0. The van der Waals surface area contributed by atoms with E-state index in [1.54, 1.807) is 0 Å². The van der Waals surface area contributed by atoms with Crippen molar-refractivity contribution < 1.29 is 0 Å². The molecular formula is C12H17BrN2. The van der Waals surface area contributed by atoms with Crippen LogP contribution in [0.3, 0.4) is 0 Å². The summed E-state index contributed by atoms with van der Waals surface area (Å²) >= 11 is 3.46. The number of hydrogen-bond donors (Lipinski definition) is 1. The first kappa shape index (κ1) is 11.1. The van der Waals surface area contributed by atoms with Gasteiger partial charge in [0.1, 0.15) is 0 Å². The molecule has 0 unspecified atom stereocenters. The van der Waals surface area contributed by atoms with E-state index in [9.17, 15) is 0 Å². The Morgan fingerprint density at radius 2 is 2.13 bits per heavy atom. The molecule has 1 aliphatic heterocycles. The van der Waals surface area contributed by atoms with Gasteiger partial charge in [0, 0.05) is 36.7 Å². The quantitative estimate of drug-likeness (QED) is 0.885. The average Bonchev–Trinajstić information content (AvgIpc) is 2.25. The van der Waals surface area contributed by atoms with Gasteiger partial charge in [-0.15, -0.1) is 0 Å². The third-order valence-electron chi connectivity index (χ3n) is 2.94. The Labute approximate surface area is 99.8 Å². The topological polar surface area (TPSA) is 15.3 Å². The summed E-state index contributed by atoms with van der Waals surface area (Å²) in [7, 11) is 0. The van der Waals surface area contributed by atoms with Crippen LogP contribution in [0.15, 0.2) is 28.7 Å². The van der Waals surface area contributed by atoms with Gasteiger partial charge in [0.2, 0.25) is 0 Å². The molecule has 1 N–H and O–H groups in total. The lowest BCUT2D eigenvalue weighted by Gasteiger charge is -2.33. The molecule has 2 nitrogen and oxygen atoms in total. The second kappa shape index (κ2) is 5.10. The minimum absolute atomic E-state index is 0.641. The average molecular weight is 269 g/mol. The van der Waals surface area contributed by atoms with Crippen molar-refractivity contribution in [1.29, 1.82) is 0 Å². The SMILES string of the molecule is C[C@H]1CNCCN1Cc1ccc(Br)cc1. The Bertz CT molecular complexity index is 310. The van der Waals surface area contributed by atoms with E-state index in [4.69, 9.17) is 0 Å². The van der Waals surface area contributed by atoms with Gasteiger partial charge in [-0.05, 0) is 24.6 Å². The minimum atomic E-state index is 0.641.